The molecule has 1 saturated carbocycles. The average molecular weight is 226 g/mol. The molecule has 0 heterocycles. The van der Waals surface area contributed by atoms with Crippen molar-refractivity contribution in [2.75, 3.05) is 19.6 Å². The number of rotatable bonds is 6. The summed E-state index contributed by atoms with van der Waals surface area (Å²) >= 11 is 0. The molecule has 0 radical (unpaired) electrons. The number of nitrogens with zero attached hydrogens (tertiary/aromatic N) is 2. The van der Waals surface area contributed by atoms with E-state index in [1.165, 1.54) is 12.8 Å². The summed E-state index contributed by atoms with van der Waals surface area (Å²) in [6.07, 6.45) is 3.51. The van der Waals surface area contributed by atoms with Crippen LogP contribution in [-0.4, -0.2) is 41.5 Å². The van der Waals surface area contributed by atoms with Crippen LogP contribution < -0.4 is 0 Å². The quantitative estimate of drug-likeness (QED) is 0.683. The van der Waals surface area contributed by atoms with Crippen molar-refractivity contribution < 1.29 is 4.79 Å². The highest BCUT2D eigenvalue weighted by Crippen LogP contribution is 2.28. The molecule has 3 heteroatoms. The lowest BCUT2D eigenvalue weighted by Gasteiger charge is -2.30. The predicted octanol–water partition coefficient (Wildman–Crippen LogP) is 2.96. The second-order valence-electron chi connectivity index (χ2n) is 5.06. The van der Waals surface area contributed by atoms with Crippen molar-refractivity contribution in [2.45, 2.75) is 53.0 Å². The van der Waals surface area contributed by atoms with E-state index < -0.39 is 0 Å². The van der Waals surface area contributed by atoms with Crippen LogP contribution in [0.3, 0.4) is 0 Å². The number of carbonyl (C=O) groups is 1. The van der Waals surface area contributed by atoms with Crippen LogP contribution in [0.5, 0.6) is 0 Å². The molecule has 0 aromatic carbocycles. The van der Waals surface area contributed by atoms with Gasteiger partial charge in [0.2, 0.25) is 0 Å². The molecule has 1 rings (SSSR count). The minimum absolute atomic E-state index is 0.244. The molecule has 94 valence electrons. The lowest BCUT2D eigenvalue weighted by molar-refractivity contribution is 0.151. The van der Waals surface area contributed by atoms with E-state index in [0.717, 1.165) is 26.1 Å². The maximum absolute atomic E-state index is 12.3. The van der Waals surface area contributed by atoms with Gasteiger partial charge in [0.05, 0.1) is 0 Å². The Labute approximate surface area is 99.8 Å². The van der Waals surface area contributed by atoms with Crippen molar-refractivity contribution >= 4 is 6.03 Å². The van der Waals surface area contributed by atoms with Gasteiger partial charge in [0.15, 0.2) is 0 Å². The van der Waals surface area contributed by atoms with E-state index >= 15 is 0 Å². The van der Waals surface area contributed by atoms with Crippen LogP contribution in [0.2, 0.25) is 0 Å². The van der Waals surface area contributed by atoms with Gasteiger partial charge in [-0.25, -0.2) is 4.79 Å². The number of carbonyl (C=O) groups excluding carboxylic acids is 1. The van der Waals surface area contributed by atoms with Crippen molar-refractivity contribution in [3.63, 3.8) is 0 Å². The van der Waals surface area contributed by atoms with Gasteiger partial charge in [-0.2, -0.15) is 0 Å². The van der Waals surface area contributed by atoms with Gasteiger partial charge in [-0.05, 0) is 39.0 Å². The highest BCUT2D eigenvalue weighted by atomic mass is 16.2. The van der Waals surface area contributed by atoms with E-state index in [1.54, 1.807) is 0 Å². The minimum atomic E-state index is 0.244. The molecule has 0 bridgehead atoms. The summed E-state index contributed by atoms with van der Waals surface area (Å²) in [6, 6.07) is 0.778. The van der Waals surface area contributed by atoms with Gasteiger partial charge in [0, 0.05) is 25.7 Å². The lowest BCUT2D eigenvalue weighted by atomic mass is 10.1. The molecule has 0 N–H and O–H groups in total. The number of hydrogen-bond donors (Lipinski definition) is 0. The van der Waals surface area contributed by atoms with E-state index in [0.29, 0.717) is 12.0 Å². The predicted molar refractivity (Wildman–Crippen MR) is 67.5 cm³/mol. The second kappa shape index (κ2) is 6.12. The van der Waals surface area contributed by atoms with Gasteiger partial charge < -0.3 is 9.80 Å². The first kappa shape index (κ1) is 13.3. The molecule has 1 fully saturated rings. The summed E-state index contributed by atoms with van der Waals surface area (Å²) < 4.78 is 0. The summed E-state index contributed by atoms with van der Waals surface area (Å²) in [4.78, 5) is 16.3. The van der Waals surface area contributed by atoms with Crippen LogP contribution in [0.15, 0.2) is 0 Å². The average Bonchev–Trinajstić information content (AvgIpc) is 3.03. The summed E-state index contributed by atoms with van der Waals surface area (Å²) in [6.45, 7) is 11.1. The Morgan fingerprint density at radius 1 is 1.25 bits per heavy atom. The van der Waals surface area contributed by atoms with Gasteiger partial charge >= 0.3 is 6.03 Å². The highest BCUT2D eigenvalue weighted by Gasteiger charge is 2.33. The van der Waals surface area contributed by atoms with Gasteiger partial charge in [0.25, 0.3) is 0 Å². The smallest absolute Gasteiger partial charge is 0.320 e. The standard InChI is InChI=1S/C13H26N2O/c1-5-14(6-2)13(16)15(12-7-8-12)10-9-11(3)4/h11-12H,5-10H2,1-4H3. The third-order valence-electron chi connectivity index (χ3n) is 3.21. The maximum Gasteiger partial charge on any atom is 0.320 e. The molecule has 2 amide bonds. The van der Waals surface area contributed by atoms with Crippen LogP contribution >= 0.6 is 0 Å². The molecule has 3 nitrogen and oxygen atoms in total. The van der Waals surface area contributed by atoms with E-state index in [-0.39, 0.29) is 6.03 Å². The first-order valence-corrected chi connectivity index (χ1v) is 6.65. The Morgan fingerprint density at radius 3 is 2.19 bits per heavy atom. The molecule has 0 aromatic heterocycles. The van der Waals surface area contributed by atoms with E-state index in [1.807, 2.05) is 4.90 Å². The van der Waals surface area contributed by atoms with Crippen LogP contribution in [0, 0.1) is 5.92 Å². The Balaban J connectivity index is 2.51. The Morgan fingerprint density at radius 2 is 1.81 bits per heavy atom. The number of urea groups is 1. The Bertz CT molecular complexity index is 220. The van der Waals surface area contributed by atoms with E-state index in [4.69, 9.17) is 0 Å². The molecule has 0 saturated heterocycles. The molecule has 0 spiro atoms. The second-order valence-corrected chi connectivity index (χ2v) is 5.06. The van der Waals surface area contributed by atoms with Crippen molar-refractivity contribution in [1.29, 1.82) is 0 Å². The van der Waals surface area contributed by atoms with Crippen molar-refractivity contribution in [2.24, 2.45) is 5.92 Å². The van der Waals surface area contributed by atoms with Gasteiger partial charge in [-0.3, -0.25) is 0 Å². The monoisotopic (exact) mass is 226 g/mol. The van der Waals surface area contributed by atoms with Crippen LogP contribution in [0.4, 0.5) is 4.79 Å². The molecule has 16 heavy (non-hydrogen) atoms. The fraction of sp³-hybridized carbons (Fsp3) is 0.923. The molecule has 0 aromatic rings. The number of amides is 2. The zero-order chi connectivity index (χ0) is 12.1. The Hall–Kier alpha value is -0.730. The van der Waals surface area contributed by atoms with E-state index in [9.17, 15) is 4.79 Å². The molecule has 0 atom stereocenters. The van der Waals surface area contributed by atoms with Gasteiger partial charge in [-0.15, -0.1) is 0 Å². The fourth-order valence-electron chi connectivity index (χ4n) is 1.89. The SMILES string of the molecule is CCN(CC)C(=O)N(CCC(C)C)C1CC1. The van der Waals surface area contributed by atoms with Crippen LogP contribution in [0.25, 0.3) is 0 Å². The first-order chi connectivity index (χ1) is 7.60. The largest absolute Gasteiger partial charge is 0.325 e. The summed E-state index contributed by atoms with van der Waals surface area (Å²) in [5.41, 5.74) is 0. The zero-order valence-corrected chi connectivity index (χ0v) is 11.2. The van der Waals surface area contributed by atoms with Crippen LogP contribution in [-0.2, 0) is 0 Å². The topological polar surface area (TPSA) is 23.6 Å². The van der Waals surface area contributed by atoms with Crippen molar-refractivity contribution in [3.05, 3.63) is 0 Å². The normalized spacial score (nSPS) is 15.3. The summed E-state index contributed by atoms with van der Waals surface area (Å²) in [5, 5.41) is 0. The molecular weight excluding hydrogens is 200 g/mol. The zero-order valence-electron chi connectivity index (χ0n) is 11.2. The summed E-state index contributed by atoms with van der Waals surface area (Å²) in [7, 11) is 0. The van der Waals surface area contributed by atoms with Crippen molar-refractivity contribution in [1.82, 2.24) is 9.80 Å². The third-order valence-corrected chi connectivity index (χ3v) is 3.21. The molecule has 0 unspecified atom stereocenters. The van der Waals surface area contributed by atoms with Crippen LogP contribution in [0.1, 0.15) is 47.0 Å². The van der Waals surface area contributed by atoms with Gasteiger partial charge in [-0.1, -0.05) is 13.8 Å². The van der Waals surface area contributed by atoms with Crippen molar-refractivity contribution in [3.8, 4) is 0 Å². The lowest BCUT2D eigenvalue weighted by Crippen LogP contribution is -2.44. The minimum Gasteiger partial charge on any atom is -0.325 e. The molecular formula is C13H26N2O. The summed E-state index contributed by atoms with van der Waals surface area (Å²) in [5.74, 6) is 0.672. The fourth-order valence-corrected chi connectivity index (χ4v) is 1.89. The molecule has 1 aliphatic carbocycles. The Kier molecular flexibility index (Phi) is 5.10. The number of hydrogen-bond acceptors (Lipinski definition) is 1. The highest BCUT2D eigenvalue weighted by molar-refractivity contribution is 5.75. The first-order valence-electron chi connectivity index (χ1n) is 6.65. The van der Waals surface area contributed by atoms with E-state index in [2.05, 4.69) is 32.6 Å². The molecule has 1 aliphatic rings. The third kappa shape index (κ3) is 3.69. The maximum atomic E-state index is 12.3. The molecule has 0 aliphatic heterocycles. The van der Waals surface area contributed by atoms with Gasteiger partial charge in [0.1, 0.15) is 0 Å².